The lowest BCUT2D eigenvalue weighted by Gasteiger charge is -2.22. The van der Waals surface area contributed by atoms with E-state index in [0.717, 1.165) is 44.4 Å². The van der Waals surface area contributed by atoms with Crippen LogP contribution in [0.1, 0.15) is 49.4 Å². The monoisotopic (exact) mass is 308 g/mol. The predicted molar refractivity (Wildman–Crippen MR) is 66.0 cm³/mol. The van der Waals surface area contributed by atoms with Crippen LogP contribution in [0.15, 0.2) is 11.2 Å². The van der Waals surface area contributed by atoms with Crippen LogP contribution in [0.5, 0.6) is 0 Å². The SMILES string of the molecule is CS(=O)(=O)c1nc(C2CCCCC2)cc(C(F)(F)F)n1. The maximum absolute atomic E-state index is 12.8. The minimum Gasteiger partial charge on any atom is -0.223 e. The second kappa shape index (κ2) is 5.31. The summed E-state index contributed by atoms with van der Waals surface area (Å²) in [6.45, 7) is 0. The van der Waals surface area contributed by atoms with Gasteiger partial charge >= 0.3 is 6.18 Å². The summed E-state index contributed by atoms with van der Waals surface area (Å²) < 4.78 is 61.4. The number of rotatable bonds is 2. The van der Waals surface area contributed by atoms with Gasteiger partial charge in [0.15, 0.2) is 0 Å². The summed E-state index contributed by atoms with van der Waals surface area (Å²) >= 11 is 0. The highest BCUT2D eigenvalue weighted by atomic mass is 32.2. The average molecular weight is 308 g/mol. The minimum absolute atomic E-state index is 0.117. The van der Waals surface area contributed by atoms with Gasteiger partial charge in [0, 0.05) is 17.9 Å². The molecule has 1 aliphatic rings. The molecule has 1 heterocycles. The Morgan fingerprint density at radius 3 is 2.25 bits per heavy atom. The van der Waals surface area contributed by atoms with E-state index in [9.17, 15) is 21.6 Å². The van der Waals surface area contributed by atoms with Gasteiger partial charge < -0.3 is 0 Å². The molecule has 0 atom stereocenters. The van der Waals surface area contributed by atoms with Crippen molar-refractivity contribution in [3.63, 3.8) is 0 Å². The van der Waals surface area contributed by atoms with E-state index in [-0.39, 0.29) is 11.6 Å². The van der Waals surface area contributed by atoms with Crippen molar-refractivity contribution in [3.8, 4) is 0 Å². The van der Waals surface area contributed by atoms with Crippen molar-refractivity contribution in [2.24, 2.45) is 0 Å². The molecule has 112 valence electrons. The highest BCUT2D eigenvalue weighted by Gasteiger charge is 2.35. The van der Waals surface area contributed by atoms with Gasteiger partial charge in [-0.3, -0.25) is 0 Å². The number of alkyl halides is 3. The van der Waals surface area contributed by atoms with Crippen LogP contribution in [0.3, 0.4) is 0 Å². The van der Waals surface area contributed by atoms with E-state index in [1.165, 1.54) is 0 Å². The van der Waals surface area contributed by atoms with E-state index in [1.54, 1.807) is 0 Å². The molecule has 2 rings (SSSR count). The molecule has 0 bridgehead atoms. The Labute approximate surface area is 115 Å². The Hall–Kier alpha value is -1.18. The van der Waals surface area contributed by atoms with Gasteiger partial charge in [0.05, 0.1) is 0 Å². The standard InChI is InChI=1S/C12H15F3N2O2S/c1-20(18,19)11-16-9(8-5-3-2-4-6-8)7-10(17-11)12(13,14)15/h7-8H,2-6H2,1H3. The van der Waals surface area contributed by atoms with Crippen LogP contribution < -0.4 is 0 Å². The zero-order chi connectivity index (χ0) is 15.0. The summed E-state index contributed by atoms with van der Waals surface area (Å²) in [6, 6.07) is 0.880. The lowest BCUT2D eigenvalue weighted by molar-refractivity contribution is -0.141. The van der Waals surface area contributed by atoms with E-state index in [0.29, 0.717) is 0 Å². The largest absolute Gasteiger partial charge is 0.433 e. The summed E-state index contributed by atoms with van der Waals surface area (Å²) in [5.41, 5.74) is -0.999. The van der Waals surface area contributed by atoms with Crippen LogP contribution in [-0.2, 0) is 16.0 Å². The Balaban J connectivity index is 2.51. The first kappa shape index (κ1) is 15.2. The zero-order valence-corrected chi connectivity index (χ0v) is 11.8. The van der Waals surface area contributed by atoms with Crippen LogP contribution in [0, 0.1) is 0 Å². The Morgan fingerprint density at radius 1 is 1.15 bits per heavy atom. The molecular formula is C12H15F3N2O2S. The van der Waals surface area contributed by atoms with Crippen LogP contribution >= 0.6 is 0 Å². The molecule has 0 saturated heterocycles. The van der Waals surface area contributed by atoms with Crippen molar-refractivity contribution in [3.05, 3.63) is 17.5 Å². The van der Waals surface area contributed by atoms with Crippen molar-refractivity contribution in [2.75, 3.05) is 6.26 Å². The molecule has 0 N–H and O–H groups in total. The number of sulfone groups is 1. The van der Waals surface area contributed by atoms with Crippen LogP contribution in [0.2, 0.25) is 0 Å². The fraction of sp³-hybridized carbons (Fsp3) is 0.667. The molecule has 0 aromatic carbocycles. The quantitative estimate of drug-likeness (QED) is 0.788. The third-order valence-electron chi connectivity index (χ3n) is 3.37. The zero-order valence-electron chi connectivity index (χ0n) is 10.9. The van der Waals surface area contributed by atoms with Crippen molar-refractivity contribution < 1.29 is 21.6 Å². The Kier molecular flexibility index (Phi) is 4.04. The number of aromatic nitrogens is 2. The third kappa shape index (κ3) is 3.47. The first-order chi connectivity index (χ1) is 9.18. The summed E-state index contributed by atoms with van der Waals surface area (Å²) in [4.78, 5) is 6.99. The molecule has 0 amide bonds. The molecule has 0 spiro atoms. The van der Waals surface area contributed by atoms with Gasteiger partial charge in [-0.15, -0.1) is 0 Å². The van der Waals surface area contributed by atoms with E-state index >= 15 is 0 Å². The smallest absolute Gasteiger partial charge is 0.223 e. The van der Waals surface area contributed by atoms with Gasteiger partial charge in [0.2, 0.25) is 15.0 Å². The molecule has 1 aromatic rings. The molecule has 1 saturated carbocycles. The minimum atomic E-state index is -4.67. The highest BCUT2D eigenvalue weighted by Crippen LogP contribution is 2.35. The summed E-state index contributed by atoms with van der Waals surface area (Å²) in [5, 5.41) is -0.743. The average Bonchev–Trinajstić information content (AvgIpc) is 2.37. The summed E-state index contributed by atoms with van der Waals surface area (Å²) in [6.07, 6.45) is 0.495. The molecule has 0 aliphatic heterocycles. The molecule has 1 fully saturated rings. The van der Waals surface area contributed by atoms with Gasteiger partial charge in [-0.25, -0.2) is 18.4 Å². The van der Waals surface area contributed by atoms with E-state index in [1.807, 2.05) is 0 Å². The number of halogens is 3. The maximum atomic E-state index is 12.8. The lowest BCUT2D eigenvalue weighted by Crippen LogP contribution is -2.17. The van der Waals surface area contributed by atoms with Gasteiger partial charge in [-0.1, -0.05) is 19.3 Å². The molecule has 1 aromatic heterocycles. The van der Waals surface area contributed by atoms with E-state index in [4.69, 9.17) is 0 Å². The molecule has 20 heavy (non-hydrogen) atoms. The highest BCUT2D eigenvalue weighted by molar-refractivity contribution is 7.90. The predicted octanol–water partition coefficient (Wildman–Crippen LogP) is 2.95. The summed E-state index contributed by atoms with van der Waals surface area (Å²) in [7, 11) is -3.87. The van der Waals surface area contributed by atoms with Crippen molar-refractivity contribution >= 4 is 9.84 Å². The number of hydrogen-bond donors (Lipinski definition) is 0. The van der Waals surface area contributed by atoms with Gasteiger partial charge in [0.25, 0.3) is 0 Å². The Bertz CT molecular complexity index is 593. The first-order valence-corrected chi connectivity index (χ1v) is 8.23. The second-order valence-corrected chi connectivity index (χ2v) is 6.97. The summed E-state index contributed by atoms with van der Waals surface area (Å²) in [5.74, 6) is -0.117. The fourth-order valence-electron chi connectivity index (χ4n) is 2.36. The molecule has 8 heteroatoms. The van der Waals surface area contributed by atoms with Crippen molar-refractivity contribution in [2.45, 2.75) is 49.4 Å². The van der Waals surface area contributed by atoms with Gasteiger partial charge in [0.1, 0.15) is 5.69 Å². The normalized spacial score (nSPS) is 18.2. The molecular weight excluding hydrogens is 293 g/mol. The lowest BCUT2D eigenvalue weighted by atomic mass is 9.86. The van der Waals surface area contributed by atoms with Crippen molar-refractivity contribution in [1.29, 1.82) is 0 Å². The number of hydrogen-bond acceptors (Lipinski definition) is 4. The fourth-order valence-corrected chi connectivity index (χ4v) is 2.90. The van der Waals surface area contributed by atoms with E-state index < -0.39 is 26.9 Å². The molecule has 1 aliphatic carbocycles. The van der Waals surface area contributed by atoms with Crippen LogP contribution in [-0.4, -0.2) is 24.6 Å². The third-order valence-corrected chi connectivity index (χ3v) is 4.22. The van der Waals surface area contributed by atoms with Crippen LogP contribution in [0.4, 0.5) is 13.2 Å². The molecule has 4 nitrogen and oxygen atoms in total. The second-order valence-electron chi connectivity index (χ2n) is 5.07. The maximum Gasteiger partial charge on any atom is 0.433 e. The van der Waals surface area contributed by atoms with Crippen molar-refractivity contribution in [1.82, 2.24) is 9.97 Å². The number of nitrogens with zero attached hydrogens (tertiary/aromatic N) is 2. The Morgan fingerprint density at radius 2 is 1.75 bits per heavy atom. The first-order valence-electron chi connectivity index (χ1n) is 6.34. The van der Waals surface area contributed by atoms with Gasteiger partial charge in [-0.2, -0.15) is 13.2 Å². The topological polar surface area (TPSA) is 59.9 Å². The molecule has 0 unspecified atom stereocenters. The van der Waals surface area contributed by atoms with E-state index in [2.05, 4.69) is 9.97 Å². The van der Waals surface area contributed by atoms with Gasteiger partial charge in [-0.05, 0) is 18.9 Å². The van der Waals surface area contributed by atoms with Crippen LogP contribution in [0.25, 0.3) is 0 Å². The molecule has 0 radical (unpaired) electrons.